The van der Waals surface area contributed by atoms with Gasteiger partial charge in [0.25, 0.3) is 5.91 Å². The number of aromatic amines is 1. The van der Waals surface area contributed by atoms with Crippen molar-refractivity contribution < 1.29 is 4.79 Å². The molecule has 0 aliphatic carbocycles. The Balaban J connectivity index is 1.62. The van der Waals surface area contributed by atoms with Gasteiger partial charge in [-0.3, -0.25) is 4.79 Å². The third-order valence-electron chi connectivity index (χ3n) is 4.98. The Morgan fingerprint density at radius 3 is 2.74 bits per heavy atom. The van der Waals surface area contributed by atoms with Crippen LogP contribution in [0.4, 0.5) is 0 Å². The molecule has 0 aliphatic rings. The molecule has 1 amide bonds. The fraction of sp³-hybridized carbons (Fsp3) is 0.174. The van der Waals surface area contributed by atoms with E-state index in [1.54, 1.807) is 11.3 Å². The van der Waals surface area contributed by atoms with Crippen LogP contribution in [0.1, 0.15) is 37.8 Å². The Kier molecular flexibility index (Phi) is 4.82. The van der Waals surface area contributed by atoms with Gasteiger partial charge in [0.1, 0.15) is 0 Å². The highest BCUT2D eigenvalue weighted by Crippen LogP contribution is 2.32. The summed E-state index contributed by atoms with van der Waals surface area (Å²) in [5.74, 6) is 0.102. The number of hydrogen-bond donors (Lipinski definition) is 2. The smallest absolute Gasteiger partial charge is 0.251 e. The summed E-state index contributed by atoms with van der Waals surface area (Å²) in [5.41, 5.74) is 5.25. The van der Waals surface area contributed by atoms with Gasteiger partial charge in [0.15, 0.2) is 0 Å². The van der Waals surface area contributed by atoms with E-state index in [0.717, 1.165) is 16.6 Å². The zero-order valence-electron chi connectivity index (χ0n) is 15.5. The summed E-state index contributed by atoms with van der Waals surface area (Å²) in [5, 5.41) is 6.45. The number of para-hydroxylation sites is 1. The maximum atomic E-state index is 12.8. The van der Waals surface area contributed by atoms with Crippen LogP contribution in [0.15, 0.2) is 66.2 Å². The molecule has 2 aromatic heterocycles. The average Bonchev–Trinajstić information content (AvgIpc) is 3.32. The molecule has 0 fully saturated rings. The van der Waals surface area contributed by atoms with Crippen LogP contribution in [0.25, 0.3) is 10.9 Å². The van der Waals surface area contributed by atoms with E-state index >= 15 is 0 Å². The zero-order valence-corrected chi connectivity index (χ0v) is 16.3. The number of nitrogens with one attached hydrogen (secondary N) is 2. The minimum absolute atomic E-state index is 0.0195. The van der Waals surface area contributed by atoms with Gasteiger partial charge in [-0.25, -0.2) is 0 Å². The molecule has 3 nitrogen and oxygen atoms in total. The Hall–Kier alpha value is -2.85. The van der Waals surface area contributed by atoms with Crippen molar-refractivity contribution >= 4 is 28.1 Å². The van der Waals surface area contributed by atoms with E-state index in [-0.39, 0.29) is 11.8 Å². The van der Waals surface area contributed by atoms with Crippen LogP contribution in [-0.4, -0.2) is 17.4 Å². The molecule has 0 radical (unpaired) electrons. The number of fused-ring (bicyclic) bond motifs is 1. The number of carbonyl (C=O) groups is 1. The molecule has 4 aromatic rings. The Morgan fingerprint density at radius 1 is 1.11 bits per heavy atom. The van der Waals surface area contributed by atoms with Crippen LogP contribution in [0.3, 0.4) is 0 Å². The van der Waals surface area contributed by atoms with Gasteiger partial charge in [-0.05, 0) is 48.6 Å². The summed E-state index contributed by atoms with van der Waals surface area (Å²) in [6.07, 6.45) is 2.07. The molecule has 0 bridgehead atoms. The second kappa shape index (κ2) is 7.41. The van der Waals surface area contributed by atoms with E-state index in [2.05, 4.69) is 52.2 Å². The van der Waals surface area contributed by atoms with Gasteiger partial charge in [-0.2, -0.15) is 0 Å². The van der Waals surface area contributed by atoms with Crippen LogP contribution in [0, 0.1) is 13.8 Å². The predicted octanol–water partition coefficient (Wildman–Crippen LogP) is 5.41. The molecule has 0 aliphatic heterocycles. The quantitative estimate of drug-likeness (QED) is 0.482. The highest BCUT2D eigenvalue weighted by molar-refractivity contribution is 7.10. The minimum atomic E-state index is -0.0195. The van der Waals surface area contributed by atoms with Gasteiger partial charge >= 0.3 is 0 Å². The van der Waals surface area contributed by atoms with E-state index in [9.17, 15) is 4.79 Å². The molecule has 4 heteroatoms. The first-order valence-electron chi connectivity index (χ1n) is 9.08. The molecular formula is C23H22N2OS. The van der Waals surface area contributed by atoms with Gasteiger partial charge in [-0.1, -0.05) is 42.0 Å². The lowest BCUT2D eigenvalue weighted by Crippen LogP contribution is -2.29. The lowest BCUT2D eigenvalue weighted by molar-refractivity contribution is 0.0952. The lowest BCUT2D eigenvalue weighted by Gasteiger charge is -2.17. The molecule has 0 saturated heterocycles. The maximum absolute atomic E-state index is 12.8. The highest BCUT2D eigenvalue weighted by atomic mass is 32.1. The summed E-state index contributed by atoms with van der Waals surface area (Å²) < 4.78 is 0. The number of H-pyrrole nitrogens is 1. The average molecular weight is 375 g/mol. The Morgan fingerprint density at radius 2 is 1.96 bits per heavy atom. The number of aromatic nitrogens is 1. The van der Waals surface area contributed by atoms with Gasteiger partial charge < -0.3 is 10.3 Å². The first kappa shape index (κ1) is 17.6. The number of amides is 1. The van der Waals surface area contributed by atoms with Crippen LogP contribution < -0.4 is 5.32 Å². The molecule has 2 aromatic carbocycles. The van der Waals surface area contributed by atoms with E-state index in [4.69, 9.17) is 0 Å². The first-order valence-corrected chi connectivity index (χ1v) is 9.96. The van der Waals surface area contributed by atoms with Crippen molar-refractivity contribution in [2.75, 3.05) is 6.54 Å². The fourth-order valence-electron chi connectivity index (χ4n) is 3.59. The number of hydrogen-bond acceptors (Lipinski definition) is 2. The van der Waals surface area contributed by atoms with Crippen molar-refractivity contribution in [3.63, 3.8) is 0 Å². The van der Waals surface area contributed by atoms with Crippen molar-refractivity contribution in [3.05, 3.63) is 93.3 Å². The molecule has 27 heavy (non-hydrogen) atoms. The van der Waals surface area contributed by atoms with E-state index < -0.39 is 0 Å². The van der Waals surface area contributed by atoms with Crippen molar-refractivity contribution in [1.29, 1.82) is 0 Å². The molecule has 136 valence electrons. The molecule has 2 heterocycles. The lowest BCUT2D eigenvalue weighted by atomic mass is 9.96. The van der Waals surface area contributed by atoms with Crippen LogP contribution in [0.2, 0.25) is 0 Å². The molecule has 4 rings (SSSR count). The number of rotatable bonds is 5. The van der Waals surface area contributed by atoms with Crippen molar-refractivity contribution in [3.8, 4) is 0 Å². The SMILES string of the molecule is Cc1ccc(C(=O)NCC(c2cccs2)c2c[nH]c3ccccc23)c(C)c1. The van der Waals surface area contributed by atoms with Gasteiger partial charge in [0.2, 0.25) is 0 Å². The van der Waals surface area contributed by atoms with Crippen molar-refractivity contribution in [2.24, 2.45) is 0 Å². The van der Waals surface area contributed by atoms with Crippen molar-refractivity contribution in [1.82, 2.24) is 10.3 Å². The van der Waals surface area contributed by atoms with Gasteiger partial charge in [0, 0.05) is 40.0 Å². The number of aryl methyl sites for hydroxylation is 2. The number of thiophene rings is 1. The van der Waals surface area contributed by atoms with Gasteiger partial charge in [0.05, 0.1) is 0 Å². The maximum Gasteiger partial charge on any atom is 0.251 e. The Labute approximate surface area is 163 Å². The van der Waals surface area contributed by atoms with Crippen LogP contribution in [0.5, 0.6) is 0 Å². The highest BCUT2D eigenvalue weighted by Gasteiger charge is 2.20. The predicted molar refractivity (Wildman–Crippen MR) is 113 cm³/mol. The summed E-state index contributed by atoms with van der Waals surface area (Å²) in [6, 6.07) is 18.4. The van der Waals surface area contributed by atoms with Gasteiger partial charge in [-0.15, -0.1) is 11.3 Å². The summed E-state index contributed by atoms with van der Waals surface area (Å²) in [7, 11) is 0. The van der Waals surface area contributed by atoms with Crippen LogP contribution in [-0.2, 0) is 0 Å². The monoisotopic (exact) mass is 374 g/mol. The topological polar surface area (TPSA) is 44.9 Å². The summed E-state index contributed by atoms with van der Waals surface area (Å²) >= 11 is 1.73. The first-order chi connectivity index (χ1) is 13.1. The molecule has 2 N–H and O–H groups in total. The second-order valence-corrected chi connectivity index (χ2v) is 7.87. The molecule has 1 unspecified atom stereocenters. The normalized spacial score (nSPS) is 12.2. The standard InChI is InChI=1S/C23H22N2OS/c1-15-9-10-17(16(2)12-15)23(26)25-14-20(22-8-5-11-27-22)19-13-24-21-7-4-3-6-18(19)21/h3-13,20,24H,14H2,1-2H3,(H,25,26). The summed E-state index contributed by atoms with van der Waals surface area (Å²) in [4.78, 5) is 17.4. The number of carbonyl (C=O) groups excluding carboxylic acids is 1. The zero-order chi connectivity index (χ0) is 18.8. The third kappa shape index (κ3) is 3.53. The van der Waals surface area contributed by atoms with E-state index in [0.29, 0.717) is 6.54 Å². The third-order valence-corrected chi connectivity index (χ3v) is 5.96. The largest absolute Gasteiger partial charge is 0.361 e. The van der Waals surface area contributed by atoms with E-state index in [1.165, 1.54) is 21.4 Å². The molecule has 0 spiro atoms. The Bertz CT molecular complexity index is 1080. The minimum Gasteiger partial charge on any atom is -0.361 e. The summed E-state index contributed by atoms with van der Waals surface area (Å²) in [6.45, 7) is 4.59. The van der Waals surface area contributed by atoms with E-state index in [1.807, 2.05) is 38.1 Å². The number of benzene rings is 2. The molecule has 1 atom stereocenters. The fourth-order valence-corrected chi connectivity index (χ4v) is 4.44. The second-order valence-electron chi connectivity index (χ2n) is 6.89. The molecule has 0 saturated carbocycles. The molecular weight excluding hydrogens is 352 g/mol. The van der Waals surface area contributed by atoms with Crippen molar-refractivity contribution in [2.45, 2.75) is 19.8 Å². The van der Waals surface area contributed by atoms with Crippen LogP contribution >= 0.6 is 11.3 Å².